The van der Waals surface area contributed by atoms with Gasteiger partial charge in [0.1, 0.15) is 17.7 Å². The van der Waals surface area contributed by atoms with Crippen molar-refractivity contribution in [1.29, 1.82) is 0 Å². The Hall–Kier alpha value is -4.25. The van der Waals surface area contributed by atoms with Gasteiger partial charge >= 0.3 is 12.2 Å². The maximum atomic E-state index is 14.2. The molecule has 4 aromatic rings. The number of H-pyrrole nitrogens is 1. The van der Waals surface area contributed by atoms with Crippen LogP contribution in [0.2, 0.25) is 5.02 Å². The van der Waals surface area contributed by atoms with Crippen LogP contribution in [0.25, 0.3) is 22.3 Å². The lowest BCUT2D eigenvalue weighted by molar-refractivity contribution is 0.184. The van der Waals surface area contributed by atoms with Gasteiger partial charge in [0.05, 0.1) is 18.1 Å². The molecule has 0 spiro atoms. The molecule has 4 N–H and O–H groups in total. The van der Waals surface area contributed by atoms with E-state index in [4.69, 9.17) is 11.6 Å². The molecule has 12 heteroatoms. The van der Waals surface area contributed by atoms with Gasteiger partial charge < -0.3 is 20.5 Å². The fourth-order valence-corrected chi connectivity index (χ4v) is 3.96. The zero-order valence-corrected chi connectivity index (χ0v) is 18.6. The molecule has 0 saturated heterocycles. The van der Waals surface area contributed by atoms with Crippen molar-refractivity contribution in [3.05, 3.63) is 65.0 Å². The zero-order chi connectivity index (χ0) is 24.6. The van der Waals surface area contributed by atoms with Crippen LogP contribution in [0.4, 0.5) is 25.5 Å². The number of aromatic amines is 1. The molecule has 0 aliphatic rings. The number of nitrogens with one attached hydrogen (secondary N) is 2. The predicted molar refractivity (Wildman–Crippen MR) is 124 cm³/mol. The molecule has 2 aromatic heterocycles. The van der Waals surface area contributed by atoms with E-state index in [0.717, 1.165) is 0 Å². The zero-order valence-electron chi connectivity index (χ0n) is 17.9. The molecule has 10 nitrogen and oxygen atoms in total. The van der Waals surface area contributed by atoms with Gasteiger partial charge in [-0.25, -0.2) is 28.9 Å². The van der Waals surface area contributed by atoms with E-state index in [1.807, 2.05) is 0 Å². The van der Waals surface area contributed by atoms with Crippen LogP contribution < -0.4 is 10.2 Å². The monoisotopic (exact) mass is 484 g/mol. The van der Waals surface area contributed by atoms with E-state index in [-0.39, 0.29) is 32.3 Å². The first-order chi connectivity index (χ1) is 16.2. The van der Waals surface area contributed by atoms with Gasteiger partial charge in [0.2, 0.25) is 0 Å². The highest BCUT2D eigenvalue weighted by atomic mass is 35.5. The number of carbonyl (C=O) groups is 2. The van der Waals surface area contributed by atoms with E-state index in [2.05, 4.69) is 25.3 Å². The van der Waals surface area contributed by atoms with E-state index < -0.39 is 24.0 Å². The molecular weight excluding hydrogens is 467 g/mol. The minimum Gasteiger partial charge on any atom is -0.464 e. The first-order valence-corrected chi connectivity index (χ1v) is 10.3. The smallest absolute Gasteiger partial charge is 0.421 e. The number of benzene rings is 2. The van der Waals surface area contributed by atoms with Crippen molar-refractivity contribution in [3.63, 3.8) is 0 Å². The van der Waals surface area contributed by atoms with Gasteiger partial charge in [0, 0.05) is 10.6 Å². The summed E-state index contributed by atoms with van der Waals surface area (Å²) in [6.07, 6.45) is -0.647. The number of nitrogens with zero attached hydrogens (tertiary/aromatic N) is 4. The van der Waals surface area contributed by atoms with Gasteiger partial charge in [0.15, 0.2) is 11.5 Å². The van der Waals surface area contributed by atoms with Crippen molar-refractivity contribution in [1.82, 2.24) is 19.9 Å². The topological polar surface area (TPSA) is 144 Å². The second-order valence-corrected chi connectivity index (χ2v) is 7.80. The van der Waals surface area contributed by atoms with E-state index in [1.165, 1.54) is 37.8 Å². The lowest BCUT2D eigenvalue weighted by atomic mass is 9.90. The van der Waals surface area contributed by atoms with Crippen molar-refractivity contribution in [2.24, 2.45) is 0 Å². The van der Waals surface area contributed by atoms with Crippen LogP contribution in [0.1, 0.15) is 24.1 Å². The van der Waals surface area contributed by atoms with Crippen molar-refractivity contribution in [2.45, 2.75) is 19.9 Å². The number of imidazole rings is 1. The molecule has 1 atom stereocenters. The lowest BCUT2D eigenvalue weighted by Gasteiger charge is -2.27. The van der Waals surface area contributed by atoms with E-state index in [9.17, 15) is 24.2 Å². The van der Waals surface area contributed by atoms with Crippen LogP contribution in [0.5, 0.6) is 0 Å². The Labute approximate surface area is 197 Å². The van der Waals surface area contributed by atoms with Crippen LogP contribution in [0.3, 0.4) is 0 Å². The second kappa shape index (κ2) is 8.94. The van der Waals surface area contributed by atoms with E-state index in [1.54, 1.807) is 19.1 Å². The van der Waals surface area contributed by atoms with Crippen molar-refractivity contribution in [2.75, 3.05) is 10.2 Å². The molecular formula is C22H18ClFN6O4. The highest BCUT2D eigenvalue weighted by Crippen LogP contribution is 2.43. The summed E-state index contributed by atoms with van der Waals surface area (Å²) in [5.74, 6) is -0.190. The number of hydrogen-bond donors (Lipinski definition) is 4. The highest BCUT2D eigenvalue weighted by Gasteiger charge is 2.31. The quantitative estimate of drug-likeness (QED) is 0.292. The first-order valence-electron chi connectivity index (χ1n) is 9.94. The number of amides is 2. The molecule has 0 fully saturated rings. The Bertz CT molecular complexity index is 1410. The van der Waals surface area contributed by atoms with Crippen molar-refractivity contribution in [3.8, 4) is 11.1 Å². The SMILES string of the molecule is Cc1c(Cl)cc(C(C)Nc2ncnc3[nH]cnc23)c(-c2cccc(F)c2)c1N(C(=O)O)C(=O)O. The van der Waals surface area contributed by atoms with Gasteiger partial charge in [-0.15, -0.1) is 0 Å². The third kappa shape index (κ3) is 4.08. The number of fused-ring (bicyclic) bond motifs is 1. The number of carboxylic acid groups (broad SMARTS) is 2. The summed E-state index contributed by atoms with van der Waals surface area (Å²) in [5.41, 5.74) is 1.88. The average Bonchev–Trinajstić information content (AvgIpc) is 3.26. The minimum absolute atomic E-state index is 0.138. The maximum Gasteiger partial charge on any atom is 0.421 e. The summed E-state index contributed by atoms with van der Waals surface area (Å²) < 4.78 is 14.2. The van der Waals surface area contributed by atoms with Crippen LogP contribution in [0, 0.1) is 12.7 Å². The fourth-order valence-electron chi connectivity index (χ4n) is 3.75. The Balaban J connectivity index is 1.97. The largest absolute Gasteiger partial charge is 0.464 e. The van der Waals surface area contributed by atoms with Crippen LogP contribution in [-0.4, -0.2) is 42.3 Å². The maximum absolute atomic E-state index is 14.2. The Morgan fingerprint density at radius 3 is 2.59 bits per heavy atom. The number of hydrogen-bond acceptors (Lipinski definition) is 6. The van der Waals surface area contributed by atoms with Crippen LogP contribution in [0.15, 0.2) is 43.0 Å². The molecule has 0 bridgehead atoms. The second-order valence-electron chi connectivity index (χ2n) is 7.40. The molecule has 0 saturated carbocycles. The molecule has 0 aliphatic carbocycles. The van der Waals surface area contributed by atoms with Crippen LogP contribution in [-0.2, 0) is 0 Å². The molecule has 2 aromatic carbocycles. The summed E-state index contributed by atoms with van der Waals surface area (Å²) in [7, 11) is 0. The first kappa shape index (κ1) is 22.9. The van der Waals surface area contributed by atoms with Crippen molar-refractivity contribution >= 4 is 46.5 Å². The Morgan fingerprint density at radius 1 is 1.18 bits per heavy atom. The molecule has 34 heavy (non-hydrogen) atoms. The van der Waals surface area contributed by atoms with Gasteiger partial charge in [-0.05, 0) is 48.7 Å². The van der Waals surface area contributed by atoms with E-state index >= 15 is 0 Å². The summed E-state index contributed by atoms with van der Waals surface area (Å²) >= 11 is 6.43. The predicted octanol–water partition coefficient (Wildman–Crippen LogP) is 5.46. The summed E-state index contributed by atoms with van der Waals surface area (Å²) in [6, 6.07) is 6.43. The molecule has 2 amide bonds. The van der Waals surface area contributed by atoms with E-state index in [0.29, 0.717) is 22.5 Å². The third-order valence-electron chi connectivity index (χ3n) is 5.28. The number of rotatable bonds is 5. The summed E-state index contributed by atoms with van der Waals surface area (Å²) in [6.45, 7) is 3.25. The Morgan fingerprint density at radius 2 is 1.91 bits per heavy atom. The normalized spacial score (nSPS) is 11.9. The summed E-state index contributed by atoms with van der Waals surface area (Å²) in [5, 5.41) is 22.7. The summed E-state index contributed by atoms with van der Waals surface area (Å²) in [4.78, 5) is 39.4. The van der Waals surface area contributed by atoms with Crippen molar-refractivity contribution < 1.29 is 24.2 Å². The van der Waals surface area contributed by atoms with Gasteiger partial charge in [0.25, 0.3) is 0 Å². The molecule has 0 aliphatic heterocycles. The molecule has 2 heterocycles. The van der Waals surface area contributed by atoms with Crippen LogP contribution >= 0.6 is 11.6 Å². The standard InChI is InChI=1S/C22H18ClFN6O4/c1-10-15(23)7-14(11(2)29-20-17-19(26-8-25-17)27-9-28-20)16(12-4-3-5-13(24)6-12)18(10)30(21(31)32)22(33)34/h3-9,11H,1-2H3,(H,31,32)(H,33,34)(H2,25,26,27,28,29). The molecule has 174 valence electrons. The molecule has 0 radical (unpaired) electrons. The molecule has 4 rings (SSSR count). The van der Waals surface area contributed by atoms with Gasteiger partial charge in [-0.2, -0.15) is 4.90 Å². The molecule has 1 unspecified atom stereocenters. The number of aromatic nitrogens is 4. The number of imide groups is 1. The third-order valence-corrected chi connectivity index (χ3v) is 5.67. The van der Waals surface area contributed by atoms with Gasteiger partial charge in [-0.1, -0.05) is 23.7 Å². The number of anilines is 2. The lowest BCUT2D eigenvalue weighted by Crippen LogP contribution is -2.35. The highest BCUT2D eigenvalue weighted by molar-refractivity contribution is 6.32. The number of halogens is 2. The minimum atomic E-state index is -1.73. The average molecular weight is 485 g/mol. The Kier molecular flexibility index (Phi) is 6.03. The fraction of sp³-hybridized carbons (Fsp3) is 0.136. The van der Waals surface area contributed by atoms with Gasteiger partial charge in [-0.3, -0.25) is 0 Å².